The van der Waals surface area contributed by atoms with E-state index in [1.165, 1.54) is 11.1 Å². The minimum Gasteiger partial charge on any atom is -0.491 e. The van der Waals surface area contributed by atoms with E-state index in [2.05, 4.69) is 74.1 Å². The third kappa shape index (κ3) is 3.53. The van der Waals surface area contributed by atoms with Gasteiger partial charge >= 0.3 is 0 Å². The van der Waals surface area contributed by atoms with Crippen LogP contribution in [0.5, 0.6) is 5.75 Å². The Kier molecular flexibility index (Phi) is 4.92. The van der Waals surface area contributed by atoms with Crippen molar-refractivity contribution in [2.24, 2.45) is 0 Å². The van der Waals surface area contributed by atoms with Crippen LogP contribution in [0.15, 0.2) is 42.5 Å². The van der Waals surface area contributed by atoms with Gasteiger partial charge in [-0.1, -0.05) is 47.5 Å². The number of hydrogen-bond donors (Lipinski definition) is 0. The summed E-state index contributed by atoms with van der Waals surface area (Å²) in [5, 5.41) is 0. The predicted octanol–water partition coefficient (Wildman–Crippen LogP) is 3.69. The molecule has 1 aliphatic heterocycles. The Morgan fingerprint density at radius 3 is 2.43 bits per heavy atom. The van der Waals surface area contributed by atoms with Crippen LogP contribution in [0.4, 0.5) is 0 Å². The summed E-state index contributed by atoms with van der Waals surface area (Å²) >= 11 is 0. The third-order valence-corrected chi connectivity index (χ3v) is 6.03. The van der Waals surface area contributed by atoms with Crippen LogP contribution in [0, 0.1) is 13.8 Å². The van der Waals surface area contributed by atoms with Crippen LogP contribution >= 0.6 is 0 Å². The summed E-state index contributed by atoms with van der Waals surface area (Å²) in [5.74, 6) is 1.16. The molecule has 2 aromatic rings. The van der Waals surface area contributed by atoms with Crippen LogP contribution in [0.1, 0.15) is 35.1 Å². The minimum absolute atomic E-state index is 0.0399. The largest absolute Gasteiger partial charge is 0.491 e. The summed E-state index contributed by atoms with van der Waals surface area (Å²) < 4.78 is 6.13. The summed E-state index contributed by atoms with van der Waals surface area (Å²) in [6.07, 6.45) is 1.86. The van der Waals surface area contributed by atoms with Crippen molar-refractivity contribution in [1.29, 1.82) is 0 Å². The molecule has 0 N–H and O–H groups in total. The molecule has 148 valence electrons. The normalized spacial score (nSPS) is 20.3. The highest BCUT2D eigenvalue weighted by molar-refractivity contribution is 5.91. The molecule has 28 heavy (non-hydrogen) atoms. The van der Waals surface area contributed by atoms with Gasteiger partial charge in [0.1, 0.15) is 12.4 Å². The lowest BCUT2D eigenvalue weighted by atomic mass is 9.92. The van der Waals surface area contributed by atoms with Crippen molar-refractivity contribution in [3.63, 3.8) is 0 Å². The van der Waals surface area contributed by atoms with Gasteiger partial charge in [0.2, 0.25) is 5.91 Å². The number of nitrogens with zero attached hydrogens (tertiary/aromatic N) is 2. The molecule has 1 amide bonds. The van der Waals surface area contributed by atoms with Gasteiger partial charge in [-0.15, -0.1) is 0 Å². The highest BCUT2D eigenvalue weighted by Gasteiger charge is 2.54. The summed E-state index contributed by atoms with van der Waals surface area (Å²) in [5.41, 5.74) is 4.33. The molecule has 2 aromatic carbocycles. The molecule has 0 spiro atoms. The van der Waals surface area contributed by atoms with Gasteiger partial charge < -0.3 is 14.5 Å². The zero-order valence-electron chi connectivity index (χ0n) is 17.4. The zero-order valence-corrected chi connectivity index (χ0v) is 17.4. The highest BCUT2D eigenvalue weighted by Crippen LogP contribution is 2.50. The van der Waals surface area contributed by atoms with E-state index in [1.807, 2.05) is 6.07 Å². The van der Waals surface area contributed by atoms with Gasteiger partial charge in [-0.2, -0.15) is 0 Å². The molecule has 1 atom stereocenters. The molecule has 0 aromatic heterocycles. The molecule has 4 nitrogen and oxygen atoms in total. The smallest absolute Gasteiger partial charge is 0.233 e. The van der Waals surface area contributed by atoms with E-state index in [9.17, 15) is 4.79 Å². The van der Waals surface area contributed by atoms with Crippen LogP contribution < -0.4 is 4.74 Å². The molecule has 0 saturated heterocycles. The average molecular weight is 379 g/mol. The molecule has 1 fully saturated rings. The summed E-state index contributed by atoms with van der Waals surface area (Å²) in [4.78, 5) is 18.1. The number of likely N-dealkylation sites (N-methyl/N-ethyl adjacent to an activating group) is 1. The van der Waals surface area contributed by atoms with Crippen molar-refractivity contribution >= 4 is 5.91 Å². The van der Waals surface area contributed by atoms with E-state index in [0.717, 1.165) is 36.3 Å². The average Bonchev–Trinajstić information content (AvgIpc) is 3.47. The number of amides is 1. The van der Waals surface area contributed by atoms with Crippen LogP contribution in [0.2, 0.25) is 0 Å². The standard InChI is InChI=1S/C24H30N2O2/c1-17-5-8-20(9-6-17)24(11-12-24)23(27)26-14-19-13-18(2)7-10-22(19)28-16-21(26)15-25(3)4/h5-10,13,21H,11-12,14-16H2,1-4H3/t21-/m0/s1. The minimum atomic E-state index is -0.355. The second-order valence-corrected chi connectivity index (χ2v) is 8.72. The predicted molar refractivity (Wildman–Crippen MR) is 112 cm³/mol. The van der Waals surface area contributed by atoms with Gasteiger partial charge in [0, 0.05) is 18.7 Å². The fourth-order valence-electron chi connectivity index (χ4n) is 4.27. The molecular weight excluding hydrogens is 348 g/mol. The molecule has 0 radical (unpaired) electrons. The lowest BCUT2D eigenvalue weighted by Crippen LogP contribution is -2.50. The maximum absolute atomic E-state index is 13.9. The fourth-order valence-corrected chi connectivity index (χ4v) is 4.27. The molecule has 4 heteroatoms. The van der Waals surface area contributed by atoms with Crippen molar-refractivity contribution in [3.05, 3.63) is 64.7 Å². The molecular formula is C24H30N2O2. The molecule has 4 rings (SSSR count). The van der Waals surface area contributed by atoms with E-state index in [1.54, 1.807) is 0 Å². The first-order chi connectivity index (χ1) is 13.4. The second-order valence-electron chi connectivity index (χ2n) is 8.72. The Balaban J connectivity index is 1.68. The van der Waals surface area contributed by atoms with Crippen LogP contribution in [-0.2, 0) is 16.8 Å². The Morgan fingerprint density at radius 2 is 1.79 bits per heavy atom. The maximum atomic E-state index is 13.9. The van der Waals surface area contributed by atoms with Crippen molar-refractivity contribution in [1.82, 2.24) is 9.80 Å². The summed E-state index contributed by atoms with van der Waals surface area (Å²) in [6.45, 7) is 6.11. The third-order valence-electron chi connectivity index (χ3n) is 6.03. The molecule has 0 unspecified atom stereocenters. The summed E-state index contributed by atoms with van der Waals surface area (Å²) in [6, 6.07) is 14.8. The zero-order chi connectivity index (χ0) is 19.9. The highest BCUT2D eigenvalue weighted by atomic mass is 16.5. The first kappa shape index (κ1) is 19.0. The monoisotopic (exact) mass is 378 g/mol. The SMILES string of the molecule is Cc1ccc(C2(C(=O)N3Cc4cc(C)ccc4OC[C@@H]3CN(C)C)CC2)cc1. The number of benzene rings is 2. The first-order valence-electron chi connectivity index (χ1n) is 10.1. The number of hydrogen-bond acceptors (Lipinski definition) is 3. The van der Waals surface area contributed by atoms with Gasteiger partial charge in [-0.25, -0.2) is 0 Å². The Labute approximate surface area is 168 Å². The Bertz CT molecular complexity index is 869. The quantitative estimate of drug-likeness (QED) is 0.814. The topological polar surface area (TPSA) is 32.8 Å². The van der Waals surface area contributed by atoms with Gasteiger partial charge in [0.05, 0.1) is 11.5 Å². The van der Waals surface area contributed by atoms with E-state index in [4.69, 9.17) is 4.74 Å². The lowest BCUT2D eigenvalue weighted by molar-refractivity contribution is -0.137. The van der Waals surface area contributed by atoms with E-state index in [0.29, 0.717) is 13.2 Å². The number of fused-ring (bicyclic) bond motifs is 1. The van der Waals surface area contributed by atoms with Gasteiger partial charge in [0.15, 0.2) is 0 Å². The maximum Gasteiger partial charge on any atom is 0.233 e. The lowest BCUT2D eigenvalue weighted by Gasteiger charge is -2.34. The number of rotatable bonds is 4. The van der Waals surface area contributed by atoms with Gasteiger partial charge in [-0.3, -0.25) is 4.79 Å². The first-order valence-corrected chi connectivity index (χ1v) is 10.1. The van der Waals surface area contributed by atoms with Crippen molar-refractivity contribution in [2.45, 2.75) is 44.7 Å². The Morgan fingerprint density at radius 1 is 1.11 bits per heavy atom. The summed E-state index contributed by atoms with van der Waals surface area (Å²) in [7, 11) is 4.11. The van der Waals surface area contributed by atoms with Gasteiger partial charge in [-0.05, 0) is 52.4 Å². The number of ether oxygens (including phenoxy) is 1. The van der Waals surface area contributed by atoms with E-state index >= 15 is 0 Å². The molecule has 0 bridgehead atoms. The van der Waals surface area contributed by atoms with Crippen molar-refractivity contribution in [3.8, 4) is 5.75 Å². The molecule has 1 heterocycles. The van der Waals surface area contributed by atoms with Crippen molar-refractivity contribution < 1.29 is 9.53 Å². The van der Waals surface area contributed by atoms with E-state index < -0.39 is 0 Å². The van der Waals surface area contributed by atoms with Gasteiger partial charge in [0.25, 0.3) is 0 Å². The number of aryl methyl sites for hydroxylation is 2. The molecule has 1 saturated carbocycles. The van der Waals surface area contributed by atoms with Crippen molar-refractivity contribution in [2.75, 3.05) is 27.2 Å². The molecule has 1 aliphatic carbocycles. The second kappa shape index (κ2) is 7.25. The van der Waals surface area contributed by atoms with Crippen LogP contribution in [0.3, 0.4) is 0 Å². The molecule has 2 aliphatic rings. The van der Waals surface area contributed by atoms with Crippen LogP contribution in [-0.4, -0.2) is 49.0 Å². The van der Waals surface area contributed by atoms with E-state index in [-0.39, 0.29) is 17.4 Å². The fraction of sp³-hybridized carbons (Fsp3) is 0.458. The van der Waals surface area contributed by atoms with Crippen LogP contribution in [0.25, 0.3) is 0 Å². The Hall–Kier alpha value is -2.33. The number of carbonyl (C=O) groups is 1. The number of carbonyl (C=O) groups excluding carboxylic acids is 1.